The number of thioether (sulfide) groups is 1. The second-order valence-electron chi connectivity index (χ2n) is 5.79. The first-order chi connectivity index (χ1) is 10.7. The molecule has 0 radical (unpaired) electrons. The Hall–Kier alpha value is -1.86. The van der Waals surface area contributed by atoms with E-state index in [4.69, 9.17) is 0 Å². The fourth-order valence-electron chi connectivity index (χ4n) is 3.16. The molecule has 1 aromatic heterocycles. The van der Waals surface area contributed by atoms with E-state index in [9.17, 15) is 9.59 Å². The Morgan fingerprint density at radius 2 is 2.05 bits per heavy atom. The number of Topliss-reactive ketones (excluding diaryl/α,β-unsaturated/α-hetero) is 1. The number of nitrogens with one attached hydrogen (secondary N) is 2. The van der Waals surface area contributed by atoms with Gasteiger partial charge in [0.25, 0.3) is 0 Å². The SMILES string of the molecule is O=C1CC2(CCNCC2)Sc2ccc(-c3noc(=O)[nH]3)cc21. The van der Waals surface area contributed by atoms with Crippen LogP contribution in [0, 0.1) is 0 Å². The van der Waals surface area contributed by atoms with Crippen LogP contribution < -0.4 is 11.1 Å². The fraction of sp³-hybridized carbons (Fsp3) is 0.400. The Morgan fingerprint density at radius 1 is 1.23 bits per heavy atom. The summed E-state index contributed by atoms with van der Waals surface area (Å²) in [5, 5.41) is 7.02. The third-order valence-corrected chi connectivity index (χ3v) is 5.88. The molecule has 4 rings (SSSR count). The number of H-pyrrole nitrogens is 1. The molecule has 0 saturated carbocycles. The van der Waals surface area contributed by atoms with E-state index in [-0.39, 0.29) is 10.5 Å². The minimum atomic E-state index is -0.595. The highest BCUT2D eigenvalue weighted by molar-refractivity contribution is 8.01. The second kappa shape index (κ2) is 5.10. The number of aromatic nitrogens is 2. The molecule has 0 amide bonds. The average Bonchev–Trinajstić information content (AvgIpc) is 2.94. The van der Waals surface area contributed by atoms with Crippen molar-refractivity contribution in [2.24, 2.45) is 0 Å². The lowest BCUT2D eigenvalue weighted by atomic mass is 9.88. The van der Waals surface area contributed by atoms with Crippen LogP contribution in [0.15, 0.2) is 32.4 Å². The molecule has 1 aromatic carbocycles. The summed E-state index contributed by atoms with van der Waals surface area (Å²) < 4.78 is 4.56. The maximum Gasteiger partial charge on any atom is 0.439 e. The highest BCUT2D eigenvalue weighted by atomic mass is 32.2. The van der Waals surface area contributed by atoms with Gasteiger partial charge in [0.2, 0.25) is 0 Å². The van der Waals surface area contributed by atoms with E-state index in [1.807, 2.05) is 23.9 Å². The van der Waals surface area contributed by atoms with E-state index >= 15 is 0 Å². The molecule has 1 fully saturated rings. The number of benzene rings is 1. The lowest BCUT2D eigenvalue weighted by molar-refractivity contribution is 0.0955. The molecular weight excluding hydrogens is 302 g/mol. The topological polar surface area (TPSA) is 88.0 Å². The quantitative estimate of drug-likeness (QED) is 0.834. The van der Waals surface area contributed by atoms with Gasteiger partial charge in [0, 0.05) is 27.2 Å². The largest absolute Gasteiger partial charge is 0.439 e. The van der Waals surface area contributed by atoms with Gasteiger partial charge >= 0.3 is 5.76 Å². The van der Waals surface area contributed by atoms with Crippen LogP contribution in [0.3, 0.4) is 0 Å². The molecule has 6 nitrogen and oxygen atoms in total. The number of carbonyl (C=O) groups excluding carboxylic acids is 1. The summed E-state index contributed by atoms with van der Waals surface area (Å²) in [6, 6.07) is 5.61. The molecule has 114 valence electrons. The molecule has 1 saturated heterocycles. The fourth-order valence-corrected chi connectivity index (χ4v) is 4.65. The first-order valence-corrected chi connectivity index (χ1v) is 8.10. The zero-order valence-corrected chi connectivity index (χ0v) is 12.7. The number of hydrogen-bond acceptors (Lipinski definition) is 6. The summed E-state index contributed by atoms with van der Waals surface area (Å²) >= 11 is 1.82. The van der Waals surface area contributed by atoms with Crippen molar-refractivity contribution < 1.29 is 9.32 Å². The van der Waals surface area contributed by atoms with Gasteiger partial charge in [-0.15, -0.1) is 11.8 Å². The highest BCUT2D eigenvalue weighted by Gasteiger charge is 2.40. The summed E-state index contributed by atoms with van der Waals surface area (Å²) in [6.07, 6.45) is 2.60. The number of nitrogens with zero attached hydrogens (tertiary/aromatic N) is 1. The molecule has 22 heavy (non-hydrogen) atoms. The Morgan fingerprint density at radius 3 is 2.77 bits per heavy atom. The van der Waals surface area contributed by atoms with Gasteiger partial charge in [-0.25, -0.2) is 4.79 Å². The van der Waals surface area contributed by atoms with Gasteiger partial charge in [0.05, 0.1) is 0 Å². The molecular formula is C15H15N3O3S. The molecule has 0 atom stereocenters. The number of rotatable bonds is 1. The molecule has 0 aliphatic carbocycles. The molecule has 2 aliphatic rings. The summed E-state index contributed by atoms with van der Waals surface area (Å²) in [5.41, 5.74) is 1.41. The zero-order chi connectivity index (χ0) is 15.2. The van der Waals surface area contributed by atoms with Crippen LogP contribution in [0.5, 0.6) is 0 Å². The maximum atomic E-state index is 12.6. The van der Waals surface area contributed by atoms with Crippen LogP contribution in [-0.2, 0) is 0 Å². The smallest absolute Gasteiger partial charge is 0.317 e. The summed E-state index contributed by atoms with van der Waals surface area (Å²) in [6.45, 7) is 1.93. The van der Waals surface area contributed by atoms with Crippen LogP contribution in [-0.4, -0.2) is 33.8 Å². The molecule has 2 aromatic rings. The van der Waals surface area contributed by atoms with Crippen molar-refractivity contribution >= 4 is 17.5 Å². The van der Waals surface area contributed by atoms with Crippen LogP contribution >= 0.6 is 11.8 Å². The third-order valence-electron chi connectivity index (χ3n) is 4.32. The summed E-state index contributed by atoms with van der Waals surface area (Å²) in [5.74, 6) is -0.0711. The normalized spacial score (nSPS) is 20.1. The average molecular weight is 317 g/mol. The first-order valence-electron chi connectivity index (χ1n) is 7.29. The number of carbonyl (C=O) groups is 1. The van der Waals surface area contributed by atoms with E-state index in [2.05, 4.69) is 20.0 Å². The van der Waals surface area contributed by atoms with Gasteiger partial charge in [-0.1, -0.05) is 5.16 Å². The van der Waals surface area contributed by atoms with E-state index in [1.54, 1.807) is 6.07 Å². The van der Waals surface area contributed by atoms with Crippen LogP contribution in [0.2, 0.25) is 0 Å². The number of ketones is 1. The predicted molar refractivity (Wildman–Crippen MR) is 82.2 cm³/mol. The van der Waals surface area contributed by atoms with Crippen LogP contribution in [0.1, 0.15) is 29.6 Å². The zero-order valence-electron chi connectivity index (χ0n) is 11.8. The van der Waals surface area contributed by atoms with Crippen molar-refractivity contribution in [2.45, 2.75) is 28.9 Å². The molecule has 2 N–H and O–H groups in total. The van der Waals surface area contributed by atoms with Crippen LogP contribution in [0.4, 0.5) is 0 Å². The van der Waals surface area contributed by atoms with E-state index in [0.29, 0.717) is 17.8 Å². The van der Waals surface area contributed by atoms with Gasteiger partial charge in [0.15, 0.2) is 11.6 Å². The van der Waals surface area contributed by atoms with Crippen molar-refractivity contribution in [2.75, 3.05) is 13.1 Å². The standard InChI is InChI=1S/C15H15N3O3S/c19-11-8-15(3-5-16-6-4-15)22-12-2-1-9(7-10(11)12)13-17-14(20)21-18-13/h1-2,7,16H,3-6,8H2,(H,17,18,20). The lowest BCUT2D eigenvalue weighted by Gasteiger charge is -2.39. The van der Waals surface area contributed by atoms with E-state index in [1.165, 1.54) is 0 Å². The Labute approximate surface area is 130 Å². The first kappa shape index (κ1) is 13.8. The van der Waals surface area contributed by atoms with Crippen molar-refractivity contribution in [3.8, 4) is 11.4 Å². The number of piperidine rings is 1. The van der Waals surface area contributed by atoms with Gasteiger partial charge in [-0.2, -0.15) is 0 Å². The van der Waals surface area contributed by atoms with Crippen molar-refractivity contribution in [1.82, 2.24) is 15.5 Å². The predicted octanol–water partition coefficient (Wildman–Crippen LogP) is 1.83. The Kier molecular flexibility index (Phi) is 3.19. The second-order valence-corrected chi connectivity index (χ2v) is 7.30. The van der Waals surface area contributed by atoms with Gasteiger partial charge in [-0.3, -0.25) is 14.3 Å². The van der Waals surface area contributed by atoms with Gasteiger partial charge < -0.3 is 5.32 Å². The van der Waals surface area contributed by atoms with Crippen molar-refractivity contribution in [3.63, 3.8) is 0 Å². The van der Waals surface area contributed by atoms with Crippen molar-refractivity contribution in [1.29, 1.82) is 0 Å². The molecule has 7 heteroatoms. The number of fused-ring (bicyclic) bond motifs is 1. The highest BCUT2D eigenvalue weighted by Crippen LogP contribution is 2.48. The Bertz CT molecular complexity index is 789. The minimum absolute atomic E-state index is 0.0407. The molecule has 0 unspecified atom stereocenters. The lowest BCUT2D eigenvalue weighted by Crippen LogP contribution is -2.42. The molecule has 1 spiro atoms. The molecule has 3 heterocycles. The van der Waals surface area contributed by atoms with Crippen molar-refractivity contribution in [3.05, 3.63) is 34.3 Å². The number of hydrogen-bond donors (Lipinski definition) is 2. The van der Waals surface area contributed by atoms with Gasteiger partial charge in [-0.05, 0) is 44.1 Å². The maximum absolute atomic E-state index is 12.6. The third kappa shape index (κ3) is 2.30. The summed E-state index contributed by atoms with van der Waals surface area (Å²) in [7, 11) is 0. The molecule has 0 bridgehead atoms. The molecule has 2 aliphatic heterocycles. The monoisotopic (exact) mass is 317 g/mol. The number of aromatic amines is 1. The Balaban J connectivity index is 1.71. The minimum Gasteiger partial charge on any atom is -0.317 e. The summed E-state index contributed by atoms with van der Waals surface area (Å²) in [4.78, 5) is 27.2. The van der Waals surface area contributed by atoms with E-state index < -0.39 is 5.76 Å². The van der Waals surface area contributed by atoms with E-state index in [0.717, 1.165) is 36.4 Å². The van der Waals surface area contributed by atoms with Crippen LogP contribution in [0.25, 0.3) is 11.4 Å². The van der Waals surface area contributed by atoms with Gasteiger partial charge in [0.1, 0.15) is 0 Å².